The van der Waals surface area contributed by atoms with Crippen LogP contribution in [0.1, 0.15) is 20.3 Å². The molecule has 0 saturated heterocycles. The van der Waals surface area contributed by atoms with Crippen LogP contribution in [-0.4, -0.2) is 18.4 Å². The van der Waals surface area contributed by atoms with Crippen molar-refractivity contribution in [1.29, 1.82) is 0 Å². The molecule has 1 rings (SSSR count). The fourth-order valence-electron chi connectivity index (χ4n) is 1.24. The molecule has 0 aromatic rings. The van der Waals surface area contributed by atoms with Crippen LogP contribution in [0.25, 0.3) is 0 Å². The van der Waals surface area contributed by atoms with Crippen molar-refractivity contribution in [3.63, 3.8) is 0 Å². The fourth-order valence-corrected chi connectivity index (χ4v) is 1.24. The van der Waals surface area contributed by atoms with Crippen LogP contribution in [0.4, 0.5) is 13.2 Å². The van der Waals surface area contributed by atoms with E-state index < -0.39 is 12.7 Å². The summed E-state index contributed by atoms with van der Waals surface area (Å²) in [4.78, 5) is 0. The highest BCUT2D eigenvalue weighted by Crippen LogP contribution is 2.30. The number of hydrogen-bond acceptors (Lipinski definition) is 2. The van der Waals surface area contributed by atoms with Crippen LogP contribution in [0.5, 0.6) is 0 Å². The minimum Gasteiger partial charge on any atom is -0.301 e. The van der Waals surface area contributed by atoms with E-state index in [4.69, 9.17) is 0 Å². The third-order valence-electron chi connectivity index (χ3n) is 2.41. The van der Waals surface area contributed by atoms with E-state index in [9.17, 15) is 13.2 Å². The Bertz CT molecular complexity index is 210. The predicted octanol–water partition coefficient (Wildman–Crippen LogP) is 2.17. The van der Waals surface area contributed by atoms with Gasteiger partial charge in [-0.15, -0.1) is 0 Å². The second-order valence-corrected chi connectivity index (χ2v) is 3.52. The second-order valence-electron chi connectivity index (χ2n) is 3.52. The molecule has 5 heteroatoms. The summed E-state index contributed by atoms with van der Waals surface area (Å²) in [5, 5.41) is 3.69. The molecule has 2 nitrogen and oxygen atoms in total. The molecule has 0 amide bonds. The number of alkyl halides is 3. The quantitative estimate of drug-likeness (QED) is 0.669. The highest BCUT2D eigenvalue weighted by Gasteiger charge is 2.31. The van der Waals surface area contributed by atoms with Gasteiger partial charge in [0.1, 0.15) is 6.54 Å². The fraction of sp³-hybridized carbons (Fsp3) is 0.875. The smallest absolute Gasteiger partial charge is 0.301 e. The lowest BCUT2D eigenvalue weighted by Gasteiger charge is -2.32. The van der Waals surface area contributed by atoms with Gasteiger partial charge in [-0.2, -0.15) is 18.3 Å². The third-order valence-corrected chi connectivity index (χ3v) is 2.41. The van der Waals surface area contributed by atoms with Crippen molar-refractivity contribution < 1.29 is 13.2 Å². The zero-order chi connectivity index (χ0) is 10.1. The third kappa shape index (κ3) is 2.90. The van der Waals surface area contributed by atoms with Crippen molar-refractivity contribution in [2.24, 2.45) is 16.9 Å². The van der Waals surface area contributed by atoms with E-state index in [1.54, 1.807) is 0 Å². The minimum absolute atomic E-state index is 0.320. The molecule has 0 aromatic heterocycles. The van der Waals surface area contributed by atoms with Gasteiger partial charge in [-0.25, -0.2) is 0 Å². The lowest BCUT2D eigenvalue weighted by molar-refractivity contribution is -0.124. The van der Waals surface area contributed by atoms with Crippen molar-refractivity contribution in [1.82, 2.24) is 5.43 Å². The topological polar surface area (TPSA) is 24.4 Å². The average Bonchev–Trinajstić information content (AvgIpc) is 2.00. The Morgan fingerprint density at radius 2 is 2.08 bits per heavy atom. The van der Waals surface area contributed by atoms with Crippen molar-refractivity contribution in [3.8, 4) is 0 Å². The summed E-state index contributed by atoms with van der Waals surface area (Å²) in [7, 11) is 0. The van der Waals surface area contributed by atoms with Crippen molar-refractivity contribution in [3.05, 3.63) is 0 Å². The highest BCUT2D eigenvalue weighted by molar-refractivity contribution is 5.92. The van der Waals surface area contributed by atoms with Crippen LogP contribution in [-0.2, 0) is 0 Å². The van der Waals surface area contributed by atoms with Crippen LogP contribution >= 0.6 is 0 Å². The number of halogens is 3. The van der Waals surface area contributed by atoms with Crippen molar-refractivity contribution >= 4 is 5.71 Å². The minimum atomic E-state index is -4.18. The molecule has 13 heavy (non-hydrogen) atoms. The van der Waals surface area contributed by atoms with Gasteiger partial charge in [0.25, 0.3) is 0 Å². The first-order valence-electron chi connectivity index (χ1n) is 4.26. The number of hydrazone groups is 1. The van der Waals surface area contributed by atoms with Gasteiger partial charge in [0.05, 0.1) is 0 Å². The molecule has 0 aromatic carbocycles. The van der Waals surface area contributed by atoms with Gasteiger partial charge in [0.2, 0.25) is 0 Å². The Morgan fingerprint density at radius 3 is 2.46 bits per heavy atom. The predicted molar refractivity (Wildman–Crippen MR) is 44.4 cm³/mol. The average molecular weight is 194 g/mol. The lowest BCUT2D eigenvalue weighted by Crippen LogP contribution is -2.36. The normalized spacial score (nSPS) is 31.6. The van der Waals surface area contributed by atoms with E-state index in [2.05, 4.69) is 12.0 Å². The molecule has 0 spiro atoms. The van der Waals surface area contributed by atoms with Gasteiger partial charge in [0, 0.05) is 5.71 Å². The number of hydrogen-bond donors (Lipinski definition) is 1. The summed E-state index contributed by atoms with van der Waals surface area (Å²) in [5.41, 5.74) is 2.89. The van der Waals surface area contributed by atoms with Gasteiger partial charge >= 0.3 is 6.18 Å². The second kappa shape index (κ2) is 3.55. The van der Waals surface area contributed by atoms with Crippen LogP contribution in [0.3, 0.4) is 0 Å². The Morgan fingerprint density at radius 1 is 1.46 bits per heavy atom. The van der Waals surface area contributed by atoms with Gasteiger partial charge < -0.3 is 5.43 Å². The van der Waals surface area contributed by atoms with Crippen LogP contribution in [0, 0.1) is 11.8 Å². The van der Waals surface area contributed by atoms with Crippen LogP contribution in [0.2, 0.25) is 0 Å². The monoisotopic (exact) mass is 194 g/mol. The SMILES string of the molecule is CC1C/C(=N\NCC(F)(F)F)C1C. The van der Waals surface area contributed by atoms with Gasteiger partial charge in [-0.05, 0) is 18.3 Å². The molecule has 0 radical (unpaired) electrons. The molecular formula is C8H13F3N2. The van der Waals surface area contributed by atoms with E-state index in [-0.39, 0.29) is 0 Å². The first-order valence-corrected chi connectivity index (χ1v) is 4.26. The summed E-state index contributed by atoms with van der Waals surface area (Å²) in [6.07, 6.45) is -3.37. The largest absolute Gasteiger partial charge is 0.407 e. The Labute approximate surface area is 75.2 Å². The van der Waals surface area contributed by atoms with Gasteiger partial charge in [-0.1, -0.05) is 13.8 Å². The highest BCUT2D eigenvalue weighted by atomic mass is 19.4. The van der Waals surface area contributed by atoms with E-state index in [1.165, 1.54) is 0 Å². The van der Waals surface area contributed by atoms with E-state index in [0.29, 0.717) is 11.8 Å². The molecular weight excluding hydrogens is 181 g/mol. The standard InChI is InChI=1S/C8H13F3N2/c1-5-3-7(6(5)2)13-12-4-8(9,10)11/h5-6,12H,3-4H2,1-2H3/b13-7+. The molecule has 1 saturated carbocycles. The molecule has 1 aliphatic rings. The summed E-state index contributed by atoms with van der Waals surface area (Å²) >= 11 is 0. The van der Waals surface area contributed by atoms with Crippen LogP contribution in [0.15, 0.2) is 5.10 Å². The molecule has 1 N–H and O–H groups in total. The molecule has 2 atom stereocenters. The zero-order valence-electron chi connectivity index (χ0n) is 7.65. The van der Waals surface area contributed by atoms with Crippen molar-refractivity contribution in [2.45, 2.75) is 26.4 Å². The molecule has 0 bridgehead atoms. The molecule has 76 valence electrons. The maximum Gasteiger partial charge on any atom is 0.407 e. The van der Waals surface area contributed by atoms with Crippen LogP contribution < -0.4 is 5.43 Å². The Hall–Kier alpha value is -0.740. The summed E-state index contributed by atoms with van der Waals surface area (Å²) in [6, 6.07) is 0. The zero-order valence-corrected chi connectivity index (χ0v) is 7.65. The molecule has 0 heterocycles. The first-order chi connectivity index (χ1) is 5.90. The lowest BCUT2D eigenvalue weighted by atomic mass is 9.74. The maximum absolute atomic E-state index is 11.7. The molecule has 1 aliphatic carbocycles. The van der Waals surface area contributed by atoms with Gasteiger partial charge in [0.15, 0.2) is 0 Å². The van der Waals surface area contributed by atoms with E-state index in [0.717, 1.165) is 12.1 Å². The van der Waals surface area contributed by atoms with Gasteiger partial charge in [-0.3, -0.25) is 0 Å². The Kier molecular flexibility index (Phi) is 2.83. The maximum atomic E-state index is 11.7. The number of nitrogens with zero attached hydrogens (tertiary/aromatic N) is 1. The number of nitrogens with one attached hydrogen (secondary N) is 1. The summed E-state index contributed by atoms with van der Waals surface area (Å²) in [6.45, 7) is 2.99. The number of rotatable bonds is 2. The Balaban J connectivity index is 2.26. The van der Waals surface area contributed by atoms with Crippen molar-refractivity contribution in [2.75, 3.05) is 6.54 Å². The summed E-state index contributed by atoms with van der Waals surface area (Å²) in [5.74, 6) is 0.868. The van der Waals surface area contributed by atoms with E-state index >= 15 is 0 Å². The molecule has 0 aliphatic heterocycles. The first kappa shape index (κ1) is 10.3. The summed E-state index contributed by atoms with van der Waals surface area (Å²) < 4.78 is 35.0. The molecule has 2 unspecified atom stereocenters. The molecule has 1 fully saturated rings. The van der Waals surface area contributed by atoms with E-state index in [1.807, 2.05) is 12.3 Å².